The summed E-state index contributed by atoms with van der Waals surface area (Å²) in [7, 11) is 1.53. The van der Waals surface area contributed by atoms with E-state index < -0.39 is 5.91 Å². The van der Waals surface area contributed by atoms with Gasteiger partial charge in [-0.1, -0.05) is 29.8 Å². The number of hydrogen-bond donors (Lipinski definition) is 2. The highest BCUT2D eigenvalue weighted by molar-refractivity contribution is 6.32. The number of halogens is 1. The van der Waals surface area contributed by atoms with Crippen LogP contribution in [0.4, 0.5) is 0 Å². The first kappa shape index (κ1) is 19.3. The van der Waals surface area contributed by atoms with Gasteiger partial charge in [0.05, 0.1) is 18.7 Å². The van der Waals surface area contributed by atoms with Crippen molar-refractivity contribution in [1.82, 2.24) is 5.32 Å². The fourth-order valence-corrected chi connectivity index (χ4v) is 3.47. The van der Waals surface area contributed by atoms with Gasteiger partial charge in [0.1, 0.15) is 5.75 Å². The molecule has 2 aromatic rings. The lowest BCUT2D eigenvalue weighted by atomic mass is 9.93. The van der Waals surface area contributed by atoms with Gasteiger partial charge in [0.15, 0.2) is 18.1 Å². The minimum atomic E-state index is -0.574. The molecule has 1 atom stereocenters. The third kappa shape index (κ3) is 4.84. The highest BCUT2D eigenvalue weighted by Gasteiger charge is 2.20. The molecule has 1 heterocycles. The van der Waals surface area contributed by atoms with E-state index in [9.17, 15) is 4.79 Å². The lowest BCUT2D eigenvalue weighted by Crippen LogP contribution is -2.25. The van der Waals surface area contributed by atoms with Crippen molar-refractivity contribution in [2.75, 3.05) is 26.9 Å². The highest BCUT2D eigenvalue weighted by Crippen LogP contribution is 2.37. The van der Waals surface area contributed by atoms with Gasteiger partial charge in [0.2, 0.25) is 0 Å². The normalized spacial score (nSPS) is 15.6. The maximum Gasteiger partial charge on any atom is 0.255 e. The molecule has 0 aromatic heterocycles. The number of ether oxygens (including phenoxy) is 3. The molecule has 0 radical (unpaired) electrons. The van der Waals surface area contributed by atoms with Crippen LogP contribution in [0, 0.1) is 0 Å². The zero-order valence-electron chi connectivity index (χ0n) is 15.2. The van der Waals surface area contributed by atoms with Crippen molar-refractivity contribution in [3.05, 3.63) is 52.5 Å². The molecule has 2 aromatic carbocycles. The molecule has 27 heavy (non-hydrogen) atoms. The van der Waals surface area contributed by atoms with Crippen LogP contribution in [0.15, 0.2) is 36.4 Å². The summed E-state index contributed by atoms with van der Waals surface area (Å²) in [6.07, 6.45) is 0.980. The van der Waals surface area contributed by atoms with Gasteiger partial charge >= 0.3 is 0 Å². The van der Waals surface area contributed by atoms with Gasteiger partial charge in [-0.05, 0) is 35.7 Å². The monoisotopic (exact) mass is 390 g/mol. The Bertz CT molecular complexity index is 813. The molecule has 6 nitrogen and oxygen atoms in total. The molecule has 3 rings (SSSR count). The van der Waals surface area contributed by atoms with Crippen LogP contribution in [0.2, 0.25) is 5.02 Å². The van der Waals surface area contributed by atoms with Gasteiger partial charge in [-0.15, -0.1) is 0 Å². The number of amides is 1. The molecule has 1 aliphatic rings. The second-order valence-electron chi connectivity index (χ2n) is 6.37. The number of hydrogen-bond acceptors (Lipinski definition) is 5. The molecule has 1 aliphatic heterocycles. The lowest BCUT2D eigenvalue weighted by Gasteiger charge is -2.26. The predicted molar refractivity (Wildman–Crippen MR) is 104 cm³/mol. The maximum absolute atomic E-state index is 10.9. The van der Waals surface area contributed by atoms with Crippen LogP contribution in [0.5, 0.6) is 17.2 Å². The van der Waals surface area contributed by atoms with Crippen molar-refractivity contribution in [3.8, 4) is 17.2 Å². The minimum Gasteiger partial charge on any atom is -0.493 e. The van der Waals surface area contributed by atoms with Crippen molar-refractivity contribution in [2.24, 2.45) is 5.73 Å². The van der Waals surface area contributed by atoms with Crippen LogP contribution in [0.3, 0.4) is 0 Å². The Morgan fingerprint density at radius 3 is 2.96 bits per heavy atom. The summed E-state index contributed by atoms with van der Waals surface area (Å²) in [5, 5.41) is 3.85. The van der Waals surface area contributed by atoms with E-state index in [-0.39, 0.29) is 6.61 Å². The number of primary amides is 1. The van der Waals surface area contributed by atoms with Gasteiger partial charge < -0.3 is 25.3 Å². The van der Waals surface area contributed by atoms with Crippen LogP contribution in [0.1, 0.15) is 23.5 Å². The molecule has 0 aliphatic carbocycles. The Morgan fingerprint density at radius 1 is 1.37 bits per heavy atom. The minimum absolute atomic E-state index is 0.253. The van der Waals surface area contributed by atoms with E-state index in [0.29, 0.717) is 29.0 Å². The molecular formula is C20H23ClN2O4. The van der Waals surface area contributed by atoms with E-state index in [2.05, 4.69) is 11.4 Å². The number of fused-ring (bicyclic) bond motifs is 1. The Hall–Kier alpha value is -2.44. The number of methoxy groups -OCH3 is 1. The molecule has 0 spiro atoms. The van der Waals surface area contributed by atoms with Gasteiger partial charge in [0.25, 0.3) is 5.91 Å². The van der Waals surface area contributed by atoms with E-state index >= 15 is 0 Å². The summed E-state index contributed by atoms with van der Waals surface area (Å²) in [4.78, 5) is 10.9. The molecule has 7 heteroatoms. The van der Waals surface area contributed by atoms with Crippen molar-refractivity contribution < 1.29 is 19.0 Å². The third-order valence-electron chi connectivity index (χ3n) is 4.45. The molecule has 1 amide bonds. The zero-order chi connectivity index (χ0) is 19.2. The Kier molecular flexibility index (Phi) is 6.42. The topological polar surface area (TPSA) is 82.8 Å². The first-order valence-corrected chi connectivity index (χ1v) is 9.16. The largest absolute Gasteiger partial charge is 0.493 e. The van der Waals surface area contributed by atoms with Gasteiger partial charge in [-0.3, -0.25) is 4.79 Å². The summed E-state index contributed by atoms with van der Waals surface area (Å²) >= 11 is 6.29. The van der Waals surface area contributed by atoms with Crippen LogP contribution >= 0.6 is 11.6 Å². The van der Waals surface area contributed by atoms with Gasteiger partial charge in [-0.25, -0.2) is 0 Å². The summed E-state index contributed by atoms with van der Waals surface area (Å²) in [6.45, 7) is 1.94. The molecule has 3 N–H and O–H groups in total. The van der Waals surface area contributed by atoms with Crippen LogP contribution in [0.25, 0.3) is 0 Å². The number of nitrogens with two attached hydrogens (primary N) is 1. The second kappa shape index (κ2) is 8.97. The first-order chi connectivity index (χ1) is 13.1. The summed E-state index contributed by atoms with van der Waals surface area (Å²) in [5.74, 6) is 1.59. The smallest absolute Gasteiger partial charge is 0.255 e. The quantitative estimate of drug-likeness (QED) is 0.724. The van der Waals surface area contributed by atoms with Crippen LogP contribution in [-0.2, 0) is 11.3 Å². The number of nitrogens with one attached hydrogen (secondary N) is 1. The SMILES string of the molecule is COc1cc(CNC[C@H]2CCOc3ccccc32)cc(Cl)c1OCC(N)=O. The van der Waals surface area contributed by atoms with Gasteiger partial charge in [-0.2, -0.15) is 0 Å². The van der Waals surface area contributed by atoms with E-state index in [1.165, 1.54) is 12.7 Å². The van der Waals surface area contributed by atoms with Crippen molar-refractivity contribution in [3.63, 3.8) is 0 Å². The Labute approximate surface area is 163 Å². The van der Waals surface area contributed by atoms with E-state index in [1.54, 1.807) is 6.07 Å². The second-order valence-corrected chi connectivity index (χ2v) is 6.77. The average Bonchev–Trinajstić information content (AvgIpc) is 2.66. The van der Waals surface area contributed by atoms with E-state index in [4.69, 9.17) is 31.5 Å². The zero-order valence-corrected chi connectivity index (χ0v) is 15.9. The fraction of sp³-hybridized carbons (Fsp3) is 0.350. The number of carbonyl (C=O) groups excluding carboxylic acids is 1. The number of para-hydroxylation sites is 1. The molecule has 0 saturated carbocycles. The Balaban J connectivity index is 1.63. The third-order valence-corrected chi connectivity index (χ3v) is 4.73. The van der Waals surface area contributed by atoms with E-state index in [1.807, 2.05) is 24.3 Å². The standard InChI is InChI=1S/C20H23ClN2O4/c1-25-18-9-13(8-16(21)20(18)27-12-19(22)24)10-23-11-14-6-7-26-17-5-3-2-4-15(14)17/h2-5,8-9,14,23H,6-7,10-12H2,1H3,(H2,22,24)/t14-/m1/s1. The Morgan fingerprint density at radius 2 is 2.19 bits per heavy atom. The average molecular weight is 391 g/mol. The van der Waals surface area contributed by atoms with E-state index in [0.717, 1.165) is 30.9 Å². The molecule has 0 unspecified atom stereocenters. The molecular weight excluding hydrogens is 368 g/mol. The molecule has 0 fully saturated rings. The number of rotatable bonds is 8. The molecule has 0 saturated heterocycles. The lowest BCUT2D eigenvalue weighted by molar-refractivity contribution is -0.119. The van der Waals surface area contributed by atoms with Crippen molar-refractivity contribution in [1.29, 1.82) is 0 Å². The summed E-state index contributed by atoms with van der Waals surface area (Å²) < 4.78 is 16.4. The summed E-state index contributed by atoms with van der Waals surface area (Å²) in [5.41, 5.74) is 7.32. The summed E-state index contributed by atoms with van der Waals surface area (Å²) in [6, 6.07) is 11.8. The van der Waals surface area contributed by atoms with Crippen molar-refractivity contribution in [2.45, 2.75) is 18.9 Å². The maximum atomic E-state index is 10.9. The van der Waals surface area contributed by atoms with Crippen molar-refractivity contribution >= 4 is 17.5 Å². The molecule has 0 bridgehead atoms. The number of carbonyl (C=O) groups is 1. The first-order valence-electron chi connectivity index (χ1n) is 8.78. The van der Waals surface area contributed by atoms with Gasteiger partial charge in [0, 0.05) is 19.0 Å². The van der Waals surface area contributed by atoms with Crippen LogP contribution < -0.4 is 25.3 Å². The number of benzene rings is 2. The molecule has 144 valence electrons. The van der Waals surface area contributed by atoms with Crippen LogP contribution in [-0.4, -0.2) is 32.8 Å². The predicted octanol–water partition coefficient (Wildman–Crippen LogP) is 2.87. The fourth-order valence-electron chi connectivity index (χ4n) is 3.18. The highest BCUT2D eigenvalue weighted by atomic mass is 35.5.